The Morgan fingerprint density at radius 2 is 1.75 bits per heavy atom. The van der Waals surface area contributed by atoms with E-state index in [0.29, 0.717) is 6.54 Å². The summed E-state index contributed by atoms with van der Waals surface area (Å²) in [6, 6.07) is 9.58. The molecule has 1 aromatic carbocycles. The van der Waals surface area contributed by atoms with Gasteiger partial charge in [-0.15, -0.1) is 0 Å². The van der Waals surface area contributed by atoms with Crippen LogP contribution in [0.2, 0.25) is 0 Å². The van der Waals surface area contributed by atoms with Gasteiger partial charge in [-0.2, -0.15) is 0 Å². The van der Waals surface area contributed by atoms with E-state index in [-0.39, 0.29) is 13.2 Å². The lowest BCUT2D eigenvalue weighted by Gasteiger charge is -2.43. The van der Waals surface area contributed by atoms with Crippen molar-refractivity contribution in [3.63, 3.8) is 0 Å². The van der Waals surface area contributed by atoms with Gasteiger partial charge in [-0.1, -0.05) is 30.3 Å². The third-order valence-electron chi connectivity index (χ3n) is 3.97. The monoisotopic (exact) mass is 281 g/mol. The van der Waals surface area contributed by atoms with Crippen molar-refractivity contribution in [3.05, 3.63) is 35.9 Å². The molecule has 0 saturated carbocycles. The lowest BCUT2D eigenvalue weighted by Crippen LogP contribution is -2.62. The van der Waals surface area contributed by atoms with Crippen LogP contribution in [0.15, 0.2) is 30.3 Å². The molecule has 0 aromatic heterocycles. The van der Waals surface area contributed by atoms with Crippen LogP contribution in [0.1, 0.15) is 12.0 Å². The summed E-state index contributed by atoms with van der Waals surface area (Å²) in [5, 5.41) is 38.6. The summed E-state index contributed by atoms with van der Waals surface area (Å²) in [7, 11) is 0. The number of aliphatic hydroxyl groups excluding tert-OH is 4. The van der Waals surface area contributed by atoms with Gasteiger partial charge in [0.15, 0.2) is 0 Å². The third-order valence-corrected chi connectivity index (χ3v) is 3.97. The zero-order valence-corrected chi connectivity index (χ0v) is 11.5. The molecule has 0 aliphatic carbocycles. The normalized spacial score (nSPS) is 31.4. The lowest BCUT2D eigenvalue weighted by molar-refractivity contribution is -0.145. The molecular weight excluding hydrogens is 258 g/mol. The molecule has 1 fully saturated rings. The van der Waals surface area contributed by atoms with Gasteiger partial charge in [0.1, 0.15) is 12.2 Å². The molecule has 1 heterocycles. The molecule has 0 unspecified atom stereocenters. The summed E-state index contributed by atoms with van der Waals surface area (Å²) in [5.41, 5.74) is 1.24. The molecular formula is C15H23NO4. The Balaban J connectivity index is 1.87. The molecule has 0 radical (unpaired) electrons. The largest absolute Gasteiger partial charge is 0.395 e. The zero-order chi connectivity index (χ0) is 14.5. The van der Waals surface area contributed by atoms with Crippen LogP contribution in [0.4, 0.5) is 0 Å². The van der Waals surface area contributed by atoms with Crippen molar-refractivity contribution in [2.24, 2.45) is 0 Å². The second-order valence-corrected chi connectivity index (χ2v) is 5.38. The van der Waals surface area contributed by atoms with Crippen LogP contribution >= 0.6 is 0 Å². The van der Waals surface area contributed by atoms with Crippen molar-refractivity contribution < 1.29 is 20.4 Å². The Kier molecular flexibility index (Phi) is 5.51. The summed E-state index contributed by atoms with van der Waals surface area (Å²) >= 11 is 0. The summed E-state index contributed by atoms with van der Waals surface area (Å²) in [4.78, 5) is 1.85. The van der Waals surface area contributed by atoms with Gasteiger partial charge in [-0.25, -0.2) is 0 Å². The Morgan fingerprint density at radius 3 is 2.40 bits per heavy atom. The van der Waals surface area contributed by atoms with Gasteiger partial charge in [0, 0.05) is 6.54 Å². The van der Waals surface area contributed by atoms with Crippen molar-refractivity contribution in [2.75, 3.05) is 19.7 Å². The average Bonchev–Trinajstić information content (AvgIpc) is 2.46. The summed E-state index contributed by atoms with van der Waals surface area (Å²) in [5.74, 6) is 0. The maximum absolute atomic E-state index is 9.88. The van der Waals surface area contributed by atoms with Crippen molar-refractivity contribution in [1.29, 1.82) is 0 Å². The number of rotatable bonds is 5. The molecule has 1 aliphatic heterocycles. The predicted molar refractivity (Wildman–Crippen MR) is 75.2 cm³/mol. The summed E-state index contributed by atoms with van der Waals surface area (Å²) < 4.78 is 0. The van der Waals surface area contributed by atoms with Gasteiger partial charge in [-0.3, -0.25) is 4.90 Å². The van der Waals surface area contributed by atoms with Crippen LogP contribution in [-0.2, 0) is 6.42 Å². The minimum absolute atomic E-state index is 0.226. The summed E-state index contributed by atoms with van der Waals surface area (Å²) in [6.45, 7) is 0.718. The van der Waals surface area contributed by atoms with Crippen molar-refractivity contribution in [1.82, 2.24) is 4.90 Å². The number of aliphatic hydroxyl groups is 4. The highest BCUT2D eigenvalue weighted by atomic mass is 16.4. The van der Waals surface area contributed by atoms with E-state index in [1.165, 1.54) is 5.56 Å². The highest BCUT2D eigenvalue weighted by Crippen LogP contribution is 2.19. The highest BCUT2D eigenvalue weighted by Gasteiger charge is 2.40. The van der Waals surface area contributed by atoms with Crippen molar-refractivity contribution >= 4 is 0 Å². The number of likely N-dealkylation sites (tertiary alicyclic amines) is 1. The van der Waals surface area contributed by atoms with E-state index in [9.17, 15) is 20.4 Å². The highest BCUT2D eigenvalue weighted by molar-refractivity contribution is 5.14. The fraction of sp³-hybridized carbons (Fsp3) is 0.600. The number of benzene rings is 1. The van der Waals surface area contributed by atoms with Crippen molar-refractivity contribution in [2.45, 2.75) is 37.2 Å². The first-order valence-electron chi connectivity index (χ1n) is 7.06. The second kappa shape index (κ2) is 7.15. The smallest absolute Gasteiger partial charge is 0.109 e. The quantitative estimate of drug-likeness (QED) is 0.578. The van der Waals surface area contributed by atoms with Gasteiger partial charge >= 0.3 is 0 Å². The molecule has 0 bridgehead atoms. The predicted octanol–water partition coefficient (Wildman–Crippen LogP) is -0.622. The lowest BCUT2D eigenvalue weighted by atomic mass is 9.94. The Hall–Kier alpha value is -0.980. The fourth-order valence-corrected chi connectivity index (χ4v) is 2.77. The zero-order valence-electron chi connectivity index (χ0n) is 11.5. The van der Waals surface area contributed by atoms with E-state index >= 15 is 0 Å². The van der Waals surface area contributed by atoms with Gasteiger partial charge in [0.05, 0.1) is 18.8 Å². The van der Waals surface area contributed by atoms with E-state index in [1.54, 1.807) is 0 Å². The fourth-order valence-electron chi connectivity index (χ4n) is 2.77. The molecule has 112 valence electrons. The molecule has 0 amide bonds. The van der Waals surface area contributed by atoms with Gasteiger partial charge in [0.2, 0.25) is 0 Å². The molecule has 2 rings (SSSR count). The van der Waals surface area contributed by atoms with Crippen molar-refractivity contribution in [3.8, 4) is 0 Å². The molecule has 5 heteroatoms. The third kappa shape index (κ3) is 3.56. The number of hydrogen-bond acceptors (Lipinski definition) is 5. The number of β-amino-alcohol motifs (C(OH)–C–C–N with tert-alkyl or cyclic N) is 1. The number of aryl methyl sites for hydroxylation is 1. The Bertz CT molecular complexity index is 400. The number of piperidine rings is 1. The maximum Gasteiger partial charge on any atom is 0.109 e. The molecule has 20 heavy (non-hydrogen) atoms. The minimum Gasteiger partial charge on any atom is -0.395 e. The average molecular weight is 281 g/mol. The van der Waals surface area contributed by atoms with Gasteiger partial charge in [-0.05, 0) is 24.9 Å². The first kappa shape index (κ1) is 15.4. The molecule has 4 atom stereocenters. The van der Waals surface area contributed by atoms with Crippen LogP contribution in [0.5, 0.6) is 0 Å². The first-order chi connectivity index (χ1) is 9.63. The van der Waals surface area contributed by atoms with Crippen LogP contribution in [0, 0.1) is 0 Å². The molecule has 0 spiro atoms. The minimum atomic E-state index is -1.18. The maximum atomic E-state index is 9.88. The van der Waals surface area contributed by atoms with Crippen LogP contribution in [0.25, 0.3) is 0 Å². The Labute approximate surface area is 119 Å². The van der Waals surface area contributed by atoms with Crippen LogP contribution < -0.4 is 0 Å². The number of nitrogens with zero attached hydrogens (tertiary/aromatic N) is 1. The van der Waals surface area contributed by atoms with E-state index in [2.05, 4.69) is 12.1 Å². The molecule has 4 N–H and O–H groups in total. The molecule has 1 aromatic rings. The van der Waals surface area contributed by atoms with E-state index < -0.39 is 24.4 Å². The van der Waals surface area contributed by atoms with Gasteiger partial charge < -0.3 is 20.4 Å². The van der Waals surface area contributed by atoms with Crippen LogP contribution in [0.3, 0.4) is 0 Å². The van der Waals surface area contributed by atoms with Crippen LogP contribution in [-0.4, -0.2) is 69.4 Å². The first-order valence-corrected chi connectivity index (χ1v) is 7.06. The Morgan fingerprint density at radius 1 is 1.05 bits per heavy atom. The SMILES string of the molecule is OC[C@H]1[C@@H](O)[C@H](O)[C@@H](O)CN1CCCc1ccccc1. The topological polar surface area (TPSA) is 84.2 Å². The molecule has 1 saturated heterocycles. The number of hydrogen-bond donors (Lipinski definition) is 4. The summed E-state index contributed by atoms with van der Waals surface area (Å²) in [6.07, 6.45) is -1.48. The van der Waals surface area contributed by atoms with E-state index in [0.717, 1.165) is 12.8 Å². The van der Waals surface area contributed by atoms with E-state index in [4.69, 9.17) is 0 Å². The molecule has 5 nitrogen and oxygen atoms in total. The standard InChI is InChI=1S/C15H23NO4/c17-10-12-14(19)15(20)13(18)9-16(12)8-4-7-11-5-2-1-3-6-11/h1-3,5-6,12-15,17-20H,4,7-10H2/t12-,13-,14+,15+/m0/s1. The van der Waals surface area contributed by atoms with E-state index in [1.807, 2.05) is 23.1 Å². The molecule has 1 aliphatic rings. The van der Waals surface area contributed by atoms with Gasteiger partial charge in [0.25, 0.3) is 0 Å². The second-order valence-electron chi connectivity index (χ2n) is 5.38.